The summed E-state index contributed by atoms with van der Waals surface area (Å²) in [7, 11) is 0. The molecule has 0 atom stereocenters. The number of hydrogen-bond acceptors (Lipinski definition) is 5. The molecule has 0 radical (unpaired) electrons. The largest absolute Gasteiger partial charge is 0.457 e. The number of amides is 1. The Balaban J connectivity index is 1.44. The zero-order valence-electron chi connectivity index (χ0n) is 19.3. The van der Waals surface area contributed by atoms with Crippen LogP contribution in [0.3, 0.4) is 0 Å². The summed E-state index contributed by atoms with van der Waals surface area (Å²) >= 11 is 0. The Labute approximate surface area is 197 Å². The monoisotopic (exact) mass is 455 g/mol. The van der Waals surface area contributed by atoms with Crippen LogP contribution in [-0.2, 0) is 17.7 Å². The molecule has 3 heterocycles. The normalized spacial score (nSPS) is 13.4. The highest BCUT2D eigenvalue weighted by Crippen LogP contribution is 2.31. The Morgan fingerprint density at radius 1 is 1.09 bits per heavy atom. The van der Waals surface area contributed by atoms with Gasteiger partial charge in [-0.05, 0) is 57.2 Å². The minimum absolute atomic E-state index is 0.352. The van der Waals surface area contributed by atoms with E-state index in [-0.39, 0.29) is 6.09 Å². The van der Waals surface area contributed by atoms with E-state index in [1.54, 1.807) is 9.42 Å². The minimum atomic E-state index is -0.561. The van der Waals surface area contributed by atoms with Gasteiger partial charge in [0.2, 0.25) is 0 Å². The van der Waals surface area contributed by atoms with E-state index in [0.717, 1.165) is 22.7 Å². The molecule has 0 aliphatic carbocycles. The number of nitrogens with zero attached hydrogens (tertiary/aromatic N) is 4. The highest BCUT2D eigenvalue weighted by atomic mass is 16.6. The van der Waals surface area contributed by atoms with Gasteiger partial charge in [-0.25, -0.2) is 9.31 Å². The third-order valence-electron chi connectivity index (χ3n) is 5.60. The maximum absolute atomic E-state index is 12.6. The van der Waals surface area contributed by atoms with Gasteiger partial charge in [0.1, 0.15) is 34.4 Å². The molecule has 8 heteroatoms. The molecule has 8 nitrogen and oxygen atoms in total. The van der Waals surface area contributed by atoms with E-state index in [0.29, 0.717) is 42.2 Å². The molecule has 0 fully saturated rings. The molecular formula is C26H25N5O3. The lowest BCUT2D eigenvalue weighted by molar-refractivity contribution is 0.0219. The summed E-state index contributed by atoms with van der Waals surface area (Å²) in [6.07, 6.45) is 0.290. The van der Waals surface area contributed by atoms with Crippen molar-refractivity contribution in [1.29, 1.82) is 5.26 Å². The Kier molecular flexibility index (Phi) is 5.25. The number of fused-ring (bicyclic) bond motifs is 3. The maximum Gasteiger partial charge on any atom is 0.410 e. The van der Waals surface area contributed by atoms with Crippen molar-refractivity contribution in [3.05, 3.63) is 71.5 Å². The zero-order chi connectivity index (χ0) is 23.9. The van der Waals surface area contributed by atoms with Crippen molar-refractivity contribution < 1.29 is 14.3 Å². The number of imidazole rings is 1. The highest BCUT2D eigenvalue weighted by molar-refractivity contribution is 5.76. The Morgan fingerprint density at radius 2 is 1.79 bits per heavy atom. The fourth-order valence-electron chi connectivity index (χ4n) is 4.04. The maximum atomic E-state index is 12.6. The number of rotatable bonds is 3. The first-order valence-electron chi connectivity index (χ1n) is 11.2. The third-order valence-corrected chi connectivity index (χ3v) is 5.60. The molecule has 34 heavy (non-hydrogen) atoms. The van der Waals surface area contributed by atoms with Gasteiger partial charge in [-0.15, -0.1) is 0 Å². The van der Waals surface area contributed by atoms with Gasteiger partial charge in [0.25, 0.3) is 0 Å². The van der Waals surface area contributed by atoms with Gasteiger partial charge in [-0.3, -0.25) is 0 Å². The van der Waals surface area contributed by atoms with Crippen LogP contribution in [0.15, 0.2) is 54.6 Å². The molecule has 1 amide bonds. The van der Waals surface area contributed by atoms with E-state index in [2.05, 4.69) is 11.1 Å². The highest BCUT2D eigenvalue weighted by Gasteiger charge is 2.30. The lowest BCUT2D eigenvalue weighted by Crippen LogP contribution is -2.40. The van der Waals surface area contributed by atoms with Crippen LogP contribution in [0.1, 0.15) is 37.7 Å². The van der Waals surface area contributed by atoms with Gasteiger partial charge in [-0.2, -0.15) is 10.4 Å². The van der Waals surface area contributed by atoms with E-state index in [9.17, 15) is 10.1 Å². The predicted molar refractivity (Wildman–Crippen MR) is 127 cm³/mol. The zero-order valence-corrected chi connectivity index (χ0v) is 19.3. The first kappa shape index (κ1) is 21.6. The molecule has 5 rings (SSSR count). The number of para-hydroxylation sites is 1. The molecule has 0 unspecified atom stereocenters. The summed E-state index contributed by atoms with van der Waals surface area (Å²) in [5.41, 5.74) is 3.78. The first-order valence-corrected chi connectivity index (χ1v) is 11.2. The topological polar surface area (TPSA) is 95.7 Å². The molecule has 0 saturated carbocycles. The van der Waals surface area contributed by atoms with Crippen LogP contribution in [0, 0.1) is 11.3 Å². The number of aromatic nitrogens is 3. The number of ether oxygens (including phenoxy) is 2. The summed E-state index contributed by atoms with van der Waals surface area (Å²) in [5.74, 6) is 1.45. The van der Waals surface area contributed by atoms with Gasteiger partial charge < -0.3 is 19.4 Å². The molecule has 0 saturated heterocycles. The Hall–Kier alpha value is -4.25. The van der Waals surface area contributed by atoms with Crippen LogP contribution in [0.4, 0.5) is 4.79 Å². The minimum Gasteiger partial charge on any atom is -0.457 e. The number of carbonyl (C=O) groups is 1. The van der Waals surface area contributed by atoms with Crippen LogP contribution in [0.2, 0.25) is 0 Å². The summed E-state index contributed by atoms with van der Waals surface area (Å²) in [6.45, 7) is 6.46. The summed E-state index contributed by atoms with van der Waals surface area (Å²) in [5, 5.41) is 14.7. The summed E-state index contributed by atoms with van der Waals surface area (Å²) in [4.78, 5) is 17.6. The van der Waals surface area contributed by atoms with E-state index >= 15 is 0 Å². The van der Waals surface area contributed by atoms with E-state index in [1.165, 1.54) is 0 Å². The molecule has 4 aromatic rings. The summed E-state index contributed by atoms with van der Waals surface area (Å²) in [6, 6.07) is 19.3. The van der Waals surface area contributed by atoms with E-state index in [4.69, 9.17) is 14.6 Å². The lowest BCUT2D eigenvalue weighted by Gasteiger charge is -2.29. The van der Waals surface area contributed by atoms with E-state index < -0.39 is 5.60 Å². The molecule has 2 aromatic carbocycles. The number of benzene rings is 2. The van der Waals surface area contributed by atoms with Gasteiger partial charge in [0.05, 0.1) is 12.2 Å². The number of nitriles is 1. The second-order valence-electron chi connectivity index (χ2n) is 9.24. The molecule has 0 bridgehead atoms. The van der Waals surface area contributed by atoms with Crippen molar-refractivity contribution in [2.45, 2.75) is 39.3 Å². The van der Waals surface area contributed by atoms with Gasteiger partial charge in [0.15, 0.2) is 5.65 Å². The van der Waals surface area contributed by atoms with Gasteiger partial charge in [-0.1, -0.05) is 18.2 Å². The van der Waals surface area contributed by atoms with Crippen molar-refractivity contribution in [3.8, 4) is 28.8 Å². The van der Waals surface area contributed by atoms with Gasteiger partial charge in [0, 0.05) is 24.2 Å². The second-order valence-corrected chi connectivity index (χ2v) is 9.24. The number of carbonyl (C=O) groups excluding carboxylic acids is 1. The van der Waals surface area contributed by atoms with Crippen molar-refractivity contribution in [2.75, 3.05) is 6.54 Å². The molecule has 2 aromatic heterocycles. The number of nitrogens with one attached hydrogen (secondary N) is 1. The quantitative estimate of drug-likeness (QED) is 0.453. The summed E-state index contributed by atoms with van der Waals surface area (Å²) < 4.78 is 13.1. The van der Waals surface area contributed by atoms with Gasteiger partial charge >= 0.3 is 6.09 Å². The molecule has 0 spiro atoms. The van der Waals surface area contributed by atoms with Crippen molar-refractivity contribution in [2.24, 2.45) is 0 Å². The first-order chi connectivity index (χ1) is 16.3. The molecule has 1 N–H and O–H groups in total. The van der Waals surface area contributed by atoms with E-state index in [1.807, 2.05) is 75.4 Å². The average molecular weight is 456 g/mol. The van der Waals surface area contributed by atoms with Crippen LogP contribution < -0.4 is 4.74 Å². The molecular weight excluding hydrogens is 430 g/mol. The van der Waals surface area contributed by atoms with Crippen LogP contribution in [-0.4, -0.2) is 37.7 Å². The van der Waals surface area contributed by atoms with Crippen LogP contribution >= 0.6 is 0 Å². The van der Waals surface area contributed by atoms with Crippen molar-refractivity contribution >= 4 is 11.7 Å². The number of aromatic amines is 1. The lowest BCUT2D eigenvalue weighted by atomic mass is 10.1. The third kappa shape index (κ3) is 4.08. The molecule has 172 valence electrons. The Bertz CT molecular complexity index is 1390. The predicted octanol–water partition coefficient (Wildman–Crippen LogP) is 5.29. The number of hydrogen-bond donors (Lipinski definition) is 1. The fraction of sp³-hybridized carbons (Fsp3) is 0.269. The fourth-order valence-corrected chi connectivity index (χ4v) is 4.04. The molecule has 1 aliphatic rings. The van der Waals surface area contributed by atoms with Crippen LogP contribution in [0.5, 0.6) is 11.5 Å². The number of H-pyrrole nitrogens is 1. The van der Waals surface area contributed by atoms with Crippen molar-refractivity contribution in [1.82, 2.24) is 19.5 Å². The standard InChI is InChI=1S/C26H25N5O3/c1-26(2,3)34-25(32)30-14-13-21-22(16-30)31-24(28-21)20(15-27)23(29-31)17-9-11-19(12-10-17)33-18-7-5-4-6-8-18/h4-12,28H,13-14,16H2,1-3H3. The SMILES string of the molecule is CC(C)(C)OC(=O)N1CCc2[nH]c3c(C#N)c(-c4ccc(Oc5ccccc5)cc4)nn3c2C1. The second kappa shape index (κ2) is 8.27. The molecule has 1 aliphatic heterocycles. The van der Waals surface area contributed by atoms with Crippen molar-refractivity contribution in [3.63, 3.8) is 0 Å². The Morgan fingerprint density at radius 3 is 2.47 bits per heavy atom. The average Bonchev–Trinajstić information content (AvgIpc) is 3.34. The van der Waals surface area contributed by atoms with Crippen LogP contribution in [0.25, 0.3) is 16.9 Å². The smallest absolute Gasteiger partial charge is 0.410 e.